The van der Waals surface area contributed by atoms with E-state index >= 15 is 0 Å². The molecule has 1 saturated heterocycles. The van der Waals surface area contributed by atoms with Crippen molar-refractivity contribution in [2.75, 3.05) is 18.4 Å². The third-order valence-corrected chi connectivity index (χ3v) is 6.07. The number of nitrogens with zero attached hydrogens (tertiary/aromatic N) is 7. The first kappa shape index (κ1) is 21.2. The third-order valence-electron chi connectivity index (χ3n) is 6.07. The number of fused-ring (bicyclic) bond motifs is 1. The second kappa shape index (κ2) is 8.70. The number of piperidine rings is 1. The lowest BCUT2D eigenvalue weighted by molar-refractivity contribution is 0.102. The van der Waals surface area contributed by atoms with Gasteiger partial charge in [-0.15, -0.1) is 5.10 Å². The van der Waals surface area contributed by atoms with E-state index in [0.717, 1.165) is 48.1 Å². The van der Waals surface area contributed by atoms with Gasteiger partial charge in [0, 0.05) is 36.2 Å². The van der Waals surface area contributed by atoms with Gasteiger partial charge in [-0.1, -0.05) is 5.21 Å². The SMILES string of the molecule is CC(C)N1CCC(c2nc(C(=O)Nc3cc4cc(-c5cn(C)nn5)cnc4cn3)co2)CC1. The minimum Gasteiger partial charge on any atom is -0.448 e. The summed E-state index contributed by atoms with van der Waals surface area (Å²) in [5.74, 6) is 0.939. The van der Waals surface area contributed by atoms with E-state index in [-0.39, 0.29) is 17.5 Å². The van der Waals surface area contributed by atoms with Crippen LogP contribution in [0.25, 0.3) is 22.2 Å². The molecule has 1 amide bonds. The van der Waals surface area contributed by atoms with Crippen LogP contribution < -0.4 is 5.32 Å². The maximum atomic E-state index is 12.8. The Balaban J connectivity index is 1.29. The van der Waals surface area contributed by atoms with E-state index in [9.17, 15) is 4.79 Å². The summed E-state index contributed by atoms with van der Waals surface area (Å²) in [4.78, 5) is 28.4. The molecule has 170 valence electrons. The number of carbonyl (C=O) groups is 1. The Morgan fingerprint density at radius 1 is 1.18 bits per heavy atom. The molecule has 0 aromatic carbocycles. The highest BCUT2D eigenvalue weighted by Crippen LogP contribution is 2.28. The fourth-order valence-corrected chi connectivity index (χ4v) is 4.14. The molecule has 0 unspecified atom stereocenters. The molecule has 0 radical (unpaired) electrons. The average molecular weight is 447 g/mol. The van der Waals surface area contributed by atoms with Crippen molar-refractivity contribution in [3.8, 4) is 11.3 Å². The largest absolute Gasteiger partial charge is 0.448 e. The quantitative estimate of drug-likeness (QED) is 0.497. The predicted molar refractivity (Wildman–Crippen MR) is 123 cm³/mol. The Morgan fingerprint density at radius 3 is 2.73 bits per heavy atom. The molecule has 5 rings (SSSR count). The lowest BCUT2D eigenvalue weighted by atomic mass is 9.96. The minimum atomic E-state index is -0.352. The number of hydrogen-bond acceptors (Lipinski definition) is 8. The average Bonchev–Trinajstić information content (AvgIpc) is 3.48. The van der Waals surface area contributed by atoms with Gasteiger partial charge < -0.3 is 14.6 Å². The summed E-state index contributed by atoms with van der Waals surface area (Å²) < 4.78 is 7.30. The number of carbonyl (C=O) groups excluding carboxylic acids is 1. The van der Waals surface area contributed by atoms with E-state index in [1.165, 1.54) is 6.26 Å². The fraction of sp³-hybridized carbons (Fsp3) is 0.391. The smallest absolute Gasteiger partial charge is 0.278 e. The summed E-state index contributed by atoms with van der Waals surface area (Å²) in [7, 11) is 1.81. The fourth-order valence-electron chi connectivity index (χ4n) is 4.14. The van der Waals surface area contributed by atoms with Gasteiger partial charge in [-0.25, -0.2) is 9.97 Å². The number of nitrogens with one attached hydrogen (secondary N) is 1. The topological polar surface area (TPSA) is 115 Å². The van der Waals surface area contributed by atoms with Crippen molar-refractivity contribution in [2.45, 2.75) is 38.6 Å². The van der Waals surface area contributed by atoms with Gasteiger partial charge >= 0.3 is 0 Å². The first-order chi connectivity index (χ1) is 16.0. The zero-order chi connectivity index (χ0) is 22.9. The maximum Gasteiger partial charge on any atom is 0.278 e. The second-order valence-electron chi connectivity index (χ2n) is 8.69. The lowest BCUT2D eigenvalue weighted by Gasteiger charge is -2.33. The molecular weight excluding hydrogens is 420 g/mol. The first-order valence-electron chi connectivity index (χ1n) is 11.1. The number of pyridine rings is 2. The van der Waals surface area contributed by atoms with Gasteiger partial charge in [-0.2, -0.15) is 0 Å². The molecule has 4 aromatic rings. The molecule has 1 fully saturated rings. The van der Waals surface area contributed by atoms with Gasteiger partial charge in [-0.05, 0) is 51.9 Å². The van der Waals surface area contributed by atoms with E-state index in [2.05, 4.69) is 49.3 Å². The van der Waals surface area contributed by atoms with Crippen LogP contribution in [-0.4, -0.2) is 59.9 Å². The summed E-state index contributed by atoms with van der Waals surface area (Å²) >= 11 is 0. The van der Waals surface area contributed by atoms with Crippen molar-refractivity contribution in [3.63, 3.8) is 0 Å². The van der Waals surface area contributed by atoms with Crippen LogP contribution in [0.4, 0.5) is 5.82 Å². The molecule has 5 heterocycles. The Morgan fingerprint density at radius 2 is 2.00 bits per heavy atom. The van der Waals surface area contributed by atoms with Crippen LogP contribution in [0, 0.1) is 0 Å². The number of anilines is 1. The van der Waals surface area contributed by atoms with Gasteiger partial charge in [0.2, 0.25) is 0 Å². The zero-order valence-corrected chi connectivity index (χ0v) is 18.9. The third kappa shape index (κ3) is 4.47. The van der Waals surface area contributed by atoms with Gasteiger partial charge in [0.05, 0.1) is 17.9 Å². The van der Waals surface area contributed by atoms with Crippen LogP contribution in [0.3, 0.4) is 0 Å². The summed E-state index contributed by atoms with van der Waals surface area (Å²) in [6, 6.07) is 4.27. The Kier molecular flexibility index (Phi) is 5.59. The molecule has 1 aliphatic rings. The molecule has 33 heavy (non-hydrogen) atoms. The van der Waals surface area contributed by atoms with Gasteiger partial charge in [0.1, 0.15) is 17.8 Å². The van der Waals surface area contributed by atoms with Crippen molar-refractivity contribution in [1.82, 2.24) is 34.8 Å². The standard InChI is InChI=1S/C23H26N8O2/c1-14(2)31-6-4-15(5-7-31)23-26-20(13-33-23)22(32)27-21-9-16-8-17(10-24-18(16)11-25-21)19-12-30(3)29-28-19/h8-15H,4-7H2,1-3H3,(H,25,27,32). The Labute approximate surface area is 191 Å². The normalized spacial score (nSPS) is 15.4. The van der Waals surface area contributed by atoms with Gasteiger partial charge in [0.25, 0.3) is 5.91 Å². The van der Waals surface area contributed by atoms with Crippen molar-refractivity contribution in [3.05, 3.63) is 48.6 Å². The van der Waals surface area contributed by atoms with E-state index in [1.807, 2.05) is 19.3 Å². The molecule has 0 bridgehead atoms. The van der Waals surface area contributed by atoms with Crippen molar-refractivity contribution >= 4 is 22.6 Å². The van der Waals surface area contributed by atoms with E-state index < -0.39 is 0 Å². The van der Waals surface area contributed by atoms with Gasteiger partial charge in [-0.3, -0.25) is 14.5 Å². The summed E-state index contributed by atoms with van der Waals surface area (Å²) in [6.45, 7) is 6.44. The molecule has 0 spiro atoms. The van der Waals surface area contributed by atoms with E-state index in [4.69, 9.17) is 4.42 Å². The monoisotopic (exact) mass is 446 g/mol. The number of amides is 1. The number of likely N-dealkylation sites (tertiary alicyclic amines) is 1. The number of hydrogen-bond donors (Lipinski definition) is 1. The lowest BCUT2D eigenvalue weighted by Crippen LogP contribution is -2.37. The number of aryl methyl sites for hydroxylation is 1. The van der Waals surface area contributed by atoms with Gasteiger partial charge in [0.15, 0.2) is 11.6 Å². The van der Waals surface area contributed by atoms with Crippen molar-refractivity contribution in [2.24, 2.45) is 7.05 Å². The zero-order valence-electron chi connectivity index (χ0n) is 18.9. The van der Waals surface area contributed by atoms with Crippen LogP contribution in [0.5, 0.6) is 0 Å². The number of oxazole rings is 1. The second-order valence-corrected chi connectivity index (χ2v) is 8.69. The molecule has 0 aliphatic carbocycles. The number of rotatable bonds is 5. The Hall–Kier alpha value is -3.66. The Bertz CT molecular complexity index is 1290. The minimum absolute atomic E-state index is 0.242. The highest BCUT2D eigenvalue weighted by atomic mass is 16.3. The molecule has 4 aromatic heterocycles. The van der Waals surface area contributed by atoms with Crippen LogP contribution in [0.1, 0.15) is 49.0 Å². The highest BCUT2D eigenvalue weighted by molar-refractivity contribution is 6.02. The predicted octanol–water partition coefficient (Wildman–Crippen LogP) is 3.25. The van der Waals surface area contributed by atoms with E-state index in [1.54, 1.807) is 23.1 Å². The number of aromatic nitrogens is 6. The summed E-state index contributed by atoms with van der Waals surface area (Å²) in [6.07, 6.45) is 8.56. The molecule has 1 N–H and O–H groups in total. The maximum absolute atomic E-state index is 12.8. The molecular formula is C23H26N8O2. The molecule has 10 nitrogen and oxygen atoms in total. The van der Waals surface area contributed by atoms with Crippen LogP contribution in [0.2, 0.25) is 0 Å². The molecule has 1 aliphatic heterocycles. The van der Waals surface area contributed by atoms with Crippen LogP contribution in [-0.2, 0) is 7.05 Å². The van der Waals surface area contributed by atoms with E-state index in [0.29, 0.717) is 17.8 Å². The van der Waals surface area contributed by atoms with Crippen LogP contribution in [0.15, 0.2) is 41.4 Å². The molecule has 10 heteroatoms. The summed E-state index contributed by atoms with van der Waals surface area (Å²) in [5, 5.41) is 11.7. The first-order valence-corrected chi connectivity index (χ1v) is 11.1. The van der Waals surface area contributed by atoms with Crippen LogP contribution >= 0.6 is 0 Å². The highest BCUT2D eigenvalue weighted by Gasteiger charge is 2.26. The molecule has 0 saturated carbocycles. The van der Waals surface area contributed by atoms with Crippen molar-refractivity contribution in [1.29, 1.82) is 0 Å². The summed E-state index contributed by atoms with van der Waals surface area (Å²) in [5.41, 5.74) is 2.54. The van der Waals surface area contributed by atoms with Crippen molar-refractivity contribution < 1.29 is 9.21 Å². The molecule has 0 atom stereocenters.